The summed E-state index contributed by atoms with van der Waals surface area (Å²) in [5.74, 6) is 0. The van der Waals surface area contributed by atoms with Crippen LogP contribution in [0.3, 0.4) is 0 Å². The average molecular weight is 398 g/mol. The van der Waals surface area contributed by atoms with Gasteiger partial charge in [-0.3, -0.25) is 0 Å². The minimum Gasteiger partial charge on any atom is -0.309 e. The van der Waals surface area contributed by atoms with E-state index in [0.717, 1.165) is 10.2 Å². The Morgan fingerprint density at radius 3 is 1.85 bits per heavy atom. The molecular formula is C24H16BrN. The lowest BCUT2D eigenvalue weighted by Crippen LogP contribution is -2.10. The van der Waals surface area contributed by atoms with Gasteiger partial charge in [-0.15, -0.1) is 0 Å². The van der Waals surface area contributed by atoms with Crippen molar-refractivity contribution in [1.82, 2.24) is 0 Å². The van der Waals surface area contributed by atoms with Gasteiger partial charge >= 0.3 is 0 Å². The van der Waals surface area contributed by atoms with Crippen LogP contribution < -0.4 is 4.90 Å². The summed E-state index contributed by atoms with van der Waals surface area (Å²) in [5.41, 5.74) is 8.56. The van der Waals surface area contributed by atoms with Crippen LogP contribution in [0.2, 0.25) is 0 Å². The van der Waals surface area contributed by atoms with Crippen molar-refractivity contribution < 1.29 is 0 Å². The molecule has 4 aromatic rings. The van der Waals surface area contributed by atoms with Crippen LogP contribution in [0.25, 0.3) is 22.3 Å². The average Bonchev–Trinajstić information content (AvgIpc) is 2.82. The monoisotopic (exact) mass is 397 g/mol. The highest BCUT2D eigenvalue weighted by molar-refractivity contribution is 9.10. The largest absolute Gasteiger partial charge is 0.309 e. The number of anilines is 3. The van der Waals surface area contributed by atoms with E-state index in [1.54, 1.807) is 0 Å². The second-order valence-electron chi connectivity index (χ2n) is 6.40. The highest BCUT2D eigenvalue weighted by atomic mass is 79.9. The normalized spacial score (nSPS) is 12.0. The fourth-order valence-corrected chi connectivity index (χ4v) is 4.11. The molecule has 1 aliphatic heterocycles. The first-order chi connectivity index (χ1) is 12.8. The Bertz CT molecular complexity index is 1100. The highest BCUT2D eigenvalue weighted by Gasteiger charge is 2.25. The Balaban J connectivity index is 1.93. The van der Waals surface area contributed by atoms with E-state index in [4.69, 9.17) is 0 Å². The molecule has 0 bridgehead atoms. The first-order valence-corrected chi connectivity index (χ1v) is 9.46. The molecule has 26 heavy (non-hydrogen) atoms. The van der Waals surface area contributed by atoms with Gasteiger partial charge in [-0.1, -0.05) is 76.6 Å². The van der Waals surface area contributed by atoms with Crippen LogP contribution in [0.4, 0.5) is 17.1 Å². The fourth-order valence-electron chi connectivity index (χ4n) is 3.75. The van der Waals surface area contributed by atoms with E-state index in [9.17, 15) is 0 Å². The van der Waals surface area contributed by atoms with E-state index in [2.05, 4.69) is 118 Å². The van der Waals surface area contributed by atoms with Crippen LogP contribution in [-0.2, 0) is 0 Å². The molecule has 0 aliphatic carbocycles. The lowest BCUT2D eigenvalue weighted by Gasteiger charge is -2.27. The molecule has 0 N–H and O–H groups in total. The zero-order valence-electron chi connectivity index (χ0n) is 14.1. The van der Waals surface area contributed by atoms with E-state index in [-0.39, 0.29) is 0 Å². The number of fused-ring (bicyclic) bond motifs is 5. The van der Waals surface area contributed by atoms with Crippen molar-refractivity contribution in [2.75, 3.05) is 4.90 Å². The Labute approximate surface area is 161 Å². The van der Waals surface area contributed by atoms with Gasteiger partial charge in [0, 0.05) is 21.3 Å². The van der Waals surface area contributed by atoms with Gasteiger partial charge in [-0.25, -0.2) is 0 Å². The summed E-state index contributed by atoms with van der Waals surface area (Å²) in [6, 6.07) is 34.4. The number of halogens is 1. The van der Waals surface area contributed by atoms with Crippen LogP contribution in [0, 0.1) is 0 Å². The third kappa shape index (κ3) is 2.38. The standard InChI is InChI=1S/C24H16BrN/c25-17-14-15-24-22(16-17)20-11-5-4-10-19(20)21-12-6-7-13-23(21)26(24)18-8-2-1-3-9-18/h1-16H. The van der Waals surface area contributed by atoms with Crippen molar-refractivity contribution in [3.05, 3.63) is 102 Å². The minimum absolute atomic E-state index is 1.09. The van der Waals surface area contributed by atoms with Gasteiger partial charge in [-0.2, -0.15) is 0 Å². The summed E-state index contributed by atoms with van der Waals surface area (Å²) in [4.78, 5) is 2.36. The molecule has 0 spiro atoms. The predicted octanol–water partition coefficient (Wildman–Crippen LogP) is 7.57. The van der Waals surface area contributed by atoms with Crippen LogP contribution in [0.1, 0.15) is 0 Å². The maximum absolute atomic E-state index is 3.66. The van der Waals surface area contributed by atoms with Gasteiger partial charge in [0.05, 0.1) is 11.4 Å². The Morgan fingerprint density at radius 2 is 1.08 bits per heavy atom. The summed E-state index contributed by atoms with van der Waals surface area (Å²) < 4.78 is 1.09. The second-order valence-corrected chi connectivity index (χ2v) is 7.31. The van der Waals surface area contributed by atoms with Crippen molar-refractivity contribution in [1.29, 1.82) is 0 Å². The van der Waals surface area contributed by atoms with Crippen molar-refractivity contribution in [3.63, 3.8) is 0 Å². The molecule has 0 saturated carbocycles. The number of benzene rings is 4. The number of hydrogen-bond acceptors (Lipinski definition) is 1. The van der Waals surface area contributed by atoms with Gasteiger partial charge in [0.15, 0.2) is 0 Å². The number of nitrogens with zero attached hydrogens (tertiary/aromatic N) is 1. The van der Waals surface area contributed by atoms with Gasteiger partial charge in [-0.05, 0) is 47.5 Å². The summed E-state index contributed by atoms with van der Waals surface area (Å²) in [7, 11) is 0. The van der Waals surface area contributed by atoms with Gasteiger partial charge in [0.2, 0.25) is 0 Å². The minimum atomic E-state index is 1.09. The van der Waals surface area contributed by atoms with Gasteiger partial charge in [0.25, 0.3) is 0 Å². The topological polar surface area (TPSA) is 3.24 Å². The Kier molecular flexibility index (Phi) is 3.65. The second kappa shape index (κ2) is 6.15. The van der Waals surface area contributed by atoms with Gasteiger partial charge in [0.1, 0.15) is 0 Å². The molecule has 2 heteroatoms. The van der Waals surface area contributed by atoms with E-state index >= 15 is 0 Å². The van der Waals surface area contributed by atoms with Crippen LogP contribution >= 0.6 is 15.9 Å². The molecule has 0 amide bonds. The van der Waals surface area contributed by atoms with Crippen molar-refractivity contribution >= 4 is 33.0 Å². The molecule has 0 fully saturated rings. The molecule has 0 aromatic heterocycles. The molecular weight excluding hydrogens is 382 g/mol. The SMILES string of the molecule is Brc1ccc2c(c1)-c1ccccc1-c1ccccc1N2c1ccccc1. The van der Waals surface area contributed by atoms with Crippen LogP contribution in [-0.4, -0.2) is 0 Å². The first-order valence-electron chi connectivity index (χ1n) is 8.66. The molecule has 1 nitrogen and oxygen atoms in total. The van der Waals surface area contributed by atoms with Crippen LogP contribution in [0.5, 0.6) is 0 Å². The molecule has 1 heterocycles. The van der Waals surface area contributed by atoms with E-state index < -0.39 is 0 Å². The summed E-state index contributed by atoms with van der Waals surface area (Å²) in [6.45, 7) is 0. The predicted molar refractivity (Wildman–Crippen MR) is 113 cm³/mol. The third-order valence-electron chi connectivity index (χ3n) is 4.87. The fraction of sp³-hybridized carbons (Fsp3) is 0. The number of rotatable bonds is 1. The molecule has 4 aromatic carbocycles. The molecule has 0 radical (unpaired) electrons. The lowest BCUT2D eigenvalue weighted by atomic mass is 9.95. The quantitative estimate of drug-likeness (QED) is 0.282. The number of hydrogen-bond donors (Lipinski definition) is 0. The molecule has 0 atom stereocenters. The van der Waals surface area contributed by atoms with Crippen molar-refractivity contribution in [2.45, 2.75) is 0 Å². The maximum Gasteiger partial charge on any atom is 0.0541 e. The van der Waals surface area contributed by atoms with Crippen molar-refractivity contribution in [2.24, 2.45) is 0 Å². The lowest BCUT2D eigenvalue weighted by molar-refractivity contribution is 1.29. The molecule has 1 aliphatic rings. The van der Waals surface area contributed by atoms with E-state index in [1.165, 1.54) is 33.6 Å². The molecule has 5 rings (SSSR count). The summed E-state index contributed by atoms with van der Waals surface area (Å²) in [5, 5.41) is 0. The zero-order valence-corrected chi connectivity index (χ0v) is 15.6. The first kappa shape index (κ1) is 15.4. The summed E-state index contributed by atoms with van der Waals surface area (Å²) >= 11 is 3.66. The van der Waals surface area contributed by atoms with E-state index in [1.807, 2.05) is 0 Å². The molecule has 124 valence electrons. The Hall–Kier alpha value is -2.84. The number of para-hydroxylation sites is 2. The van der Waals surface area contributed by atoms with E-state index in [0.29, 0.717) is 0 Å². The smallest absolute Gasteiger partial charge is 0.0541 e. The molecule has 0 unspecified atom stereocenters. The third-order valence-corrected chi connectivity index (χ3v) is 5.36. The molecule has 0 saturated heterocycles. The Morgan fingerprint density at radius 1 is 0.500 bits per heavy atom. The maximum atomic E-state index is 3.66. The van der Waals surface area contributed by atoms with Crippen molar-refractivity contribution in [3.8, 4) is 22.3 Å². The van der Waals surface area contributed by atoms with Gasteiger partial charge < -0.3 is 4.90 Å². The zero-order chi connectivity index (χ0) is 17.5. The van der Waals surface area contributed by atoms with Crippen LogP contribution in [0.15, 0.2) is 102 Å². The summed E-state index contributed by atoms with van der Waals surface area (Å²) in [6.07, 6.45) is 0. The highest BCUT2D eigenvalue weighted by Crippen LogP contribution is 2.50.